The summed E-state index contributed by atoms with van der Waals surface area (Å²) < 4.78 is 1.71. The highest BCUT2D eigenvalue weighted by Crippen LogP contribution is 2.25. The number of anilines is 1. The number of benzene rings is 1. The van der Waals surface area contributed by atoms with E-state index in [1.54, 1.807) is 40.0 Å². The van der Waals surface area contributed by atoms with Crippen LogP contribution in [0.1, 0.15) is 10.4 Å². The van der Waals surface area contributed by atoms with Gasteiger partial charge in [0.2, 0.25) is 0 Å². The Balaban J connectivity index is 1.67. The molecule has 5 nitrogen and oxygen atoms in total. The molecule has 1 amide bonds. The molecule has 0 aliphatic carbocycles. The van der Waals surface area contributed by atoms with Crippen LogP contribution in [-0.4, -0.2) is 26.8 Å². The fourth-order valence-electron chi connectivity index (χ4n) is 2.54. The van der Waals surface area contributed by atoms with Gasteiger partial charge in [0.25, 0.3) is 5.91 Å². The standard InChI is InChI=1S/C18H14N4OS2/c1-24-13-6-4-12(5-7-13)21-18(23)14-11-20-22-15(8-9-19-17(14)22)16-3-2-10-25-16/h2-11H,1H3,(H,21,23). The number of nitrogens with one attached hydrogen (secondary N) is 1. The van der Waals surface area contributed by atoms with Crippen LogP contribution < -0.4 is 5.32 Å². The number of carbonyl (C=O) groups is 1. The van der Waals surface area contributed by atoms with Gasteiger partial charge in [-0.15, -0.1) is 23.1 Å². The van der Waals surface area contributed by atoms with Crippen molar-refractivity contribution < 1.29 is 4.79 Å². The van der Waals surface area contributed by atoms with E-state index in [9.17, 15) is 4.79 Å². The van der Waals surface area contributed by atoms with Crippen molar-refractivity contribution in [3.05, 3.63) is 65.8 Å². The predicted molar refractivity (Wildman–Crippen MR) is 102 cm³/mol. The minimum absolute atomic E-state index is 0.220. The number of thiophene rings is 1. The average molecular weight is 366 g/mol. The first kappa shape index (κ1) is 15.9. The van der Waals surface area contributed by atoms with E-state index in [1.807, 2.05) is 54.1 Å². The second kappa shape index (κ2) is 6.70. The lowest BCUT2D eigenvalue weighted by molar-refractivity contribution is 0.102. The molecule has 25 heavy (non-hydrogen) atoms. The van der Waals surface area contributed by atoms with E-state index in [4.69, 9.17) is 0 Å². The maximum atomic E-state index is 12.6. The largest absolute Gasteiger partial charge is 0.322 e. The van der Waals surface area contributed by atoms with Gasteiger partial charge in [-0.3, -0.25) is 4.79 Å². The number of fused-ring (bicyclic) bond motifs is 1. The third kappa shape index (κ3) is 3.04. The number of rotatable bonds is 4. The summed E-state index contributed by atoms with van der Waals surface area (Å²) in [7, 11) is 0. The van der Waals surface area contributed by atoms with Crippen LogP contribution in [0.15, 0.2) is 65.1 Å². The van der Waals surface area contributed by atoms with Crippen molar-refractivity contribution in [2.75, 3.05) is 11.6 Å². The van der Waals surface area contributed by atoms with Crippen LogP contribution in [-0.2, 0) is 0 Å². The third-order valence-corrected chi connectivity index (χ3v) is 5.40. The van der Waals surface area contributed by atoms with Crippen LogP contribution in [0.4, 0.5) is 5.69 Å². The van der Waals surface area contributed by atoms with Crippen molar-refractivity contribution in [2.24, 2.45) is 0 Å². The van der Waals surface area contributed by atoms with Gasteiger partial charge in [-0.05, 0) is 48.0 Å². The van der Waals surface area contributed by atoms with Crippen LogP contribution in [0.25, 0.3) is 16.2 Å². The van der Waals surface area contributed by atoms with Crippen LogP contribution in [0.5, 0.6) is 0 Å². The lowest BCUT2D eigenvalue weighted by Gasteiger charge is -2.05. The highest BCUT2D eigenvalue weighted by molar-refractivity contribution is 7.98. The van der Waals surface area contributed by atoms with Crippen molar-refractivity contribution in [3.63, 3.8) is 0 Å². The molecule has 0 radical (unpaired) electrons. The summed E-state index contributed by atoms with van der Waals surface area (Å²) >= 11 is 3.28. The number of amides is 1. The molecule has 0 bridgehead atoms. The smallest absolute Gasteiger partial charge is 0.261 e. The molecule has 4 aromatic rings. The quantitative estimate of drug-likeness (QED) is 0.543. The van der Waals surface area contributed by atoms with Gasteiger partial charge in [-0.1, -0.05) is 6.07 Å². The minimum Gasteiger partial charge on any atom is -0.322 e. The topological polar surface area (TPSA) is 59.3 Å². The molecule has 4 rings (SSSR count). The molecular formula is C18H14N4OS2. The molecule has 1 aromatic carbocycles. The summed E-state index contributed by atoms with van der Waals surface area (Å²) in [5.74, 6) is -0.220. The van der Waals surface area contributed by atoms with Gasteiger partial charge >= 0.3 is 0 Å². The Hall–Kier alpha value is -2.64. The van der Waals surface area contributed by atoms with Gasteiger partial charge in [-0.25, -0.2) is 9.50 Å². The van der Waals surface area contributed by atoms with Gasteiger partial charge in [-0.2, -0.15) is 5.10 Å². The van der Waals surface area contributed by atoms with Crippen LogP contribution in [0, 0.1) is 0 Å². The van der Waals surface area contributed by atoms with Gasteiger partial charge in [0.15, 0.2) is 5.65 Å². The Bertz CT molecular complexity index is 1020. The maximum Gasteiger partial charge on any atom is 0.261 e. The molecule has 0 spiro atoms. The SMILES string of the molecule is CSc1ccc(NC(=O)c2cnn3c(-c4cccs4)ccnc23)cc1. The third-order valence-electron chi connectivity index (χ3n) is 3.77. The lowest BCUT2D eigenvalue weighted by atomic mass is 10.2. The molecule has 124 valence electrons. The van der Waals surface area contributed by atoms with E-state index in [0.29, 0.717) is 11.2 Å². The fourth-order valence-corrected chi connectivity index (χ4v) is 3.68. The first-order valence-electron chi connectivity index (χ1n) is 7.58. The van der Waals surface area contributed by atoms with Crippen LogP contribution in [0.2, 0.25) is 0 Å². The zero-order valence-electron chi connectivity index (χ0n) is 13.3. The summed E-state index contributed by atoms with van der Waals surface area (Å²) in [4.78, 5) is 19.2. The summed E-state index contributed by atoms with van der Waals surface area (Å²) in [6.45, 7) is 0. The van der Waals surface area contributed by atoms with E-state index in [1.165, 1.54) is 0 Å². The van der Waals surface area contributed by atoms with E-state index < -0.39 is 0 Å². The Labute approximate surface area is 152 Å². The Kier molecular flexibility index (Phi) is 4.25. The number of aromatic nitrogens is 3. The predicted octanol–water partition coefficient (Wildman–Crippen LogP) is 4.43. The lowest BCUT2D eigenvalue weighted by Crippen LogP contribution is -2.12. The number of hydrogen-bond donors (Lipinski definition) is 1. The molecule has 0 aliphatic heterocycles. The normalized spacial score (nSPS) is 10.9. The van der Waals surface area contributed by atoms with Crippen molar-refractivity contribution in [1.29, 1.82) is 0 Å². The molecule has 0 saturated carbocycles. The van der Waals surface area contributed by atoms with Crippen molar-refractivity contribution in [3.8, 4) is 10.6 Å². The van der Waals surface area contributed by atoms with Crippen molar-refractivity contribution in [1.82, 2.24) is 14.6 Å². The molecule has 0 atom stereocenters. The zero-order valence-corrected chi connectivity index (χ0v) is 15.0. The molecule has 7 heteroatoms. The Morgan fingerprint density at radius 3 is 2.76 bits per heavy atom. The van der Waals surface area contributed by atoms with E-state index in [2.05, 4.69) is 15.4 Å². The fraction of sp³-hybridized carbons (Fsp3) is 0.0556. The zero-order chi connectivity index (χ0) is 17.2. The molecule has 3 heterocycles. The van der Waals surface area contributed by atoms with E-state index in [-0.39, 0.29) is 5.91 Å². The molecular weight excluding hydrogens is 352 g/mol. The van der Waals surface area contributed by atoms with Crippen molar-refractivity contribution >= 4 is 40.3 Å². The monoisotopic (exact) mass is 366 g/mol. The van der Waals surface area contributed by atoms with Gasteiger partial charge in [0.05, 0.1) is 16.8 Å². The van der Waals surface area contributed by atoms with Gasteiger partial charge < -0.3 is 5.32 Å². The number of carbonyl (C=O) groups excluding carboxylic acids is 1. The first-order valence-corrected chi connectivity index (χ1v) is 9.69. The summed E-state index contributed by atoms with van der Waals surface area (Å²) in [5, 5.41) is 9.28. The second-order valence-corrected chi connectivity index (χ2v) is 7.11. The molecule has 1 N–H and O–H groups in total. The summed E-state index contributed by atoms with van der Waals surface area (Å²) in [6, 6.07) is 13.6. The van der Waals surface area contributed by atoms with E-state index >= 15 is 0 Å². The van der Waals surface area contributed by atoms with Gasteiger partial charge in [0, 0.05) is 16.8 Å². The number of thioether (sulfide) groups is 1. The van der Waals surface area contributed by atoms with Crippen LogP contribution >= 0.6 is 23.1 Å². The van der Waals surface area contributed by atoms with Crippen molar-refractivity contribution in [2.45, 2.75) is 4.90 Å². The Morgan fingerprint density at radius 2 is 2.04 bits per heavy atom. The highest BCUT2D eigenvalue weighted by Gasteiger charge is 2.16. The Morgan fingerprint density at radius 1 is 1.20 bits per heavy atom. The summed E-state index contributed by atoms with van der Waals surface area (Å²) in [5.41, 5.74) is 2.66. The highest BCUT2D eigenvalue weighted by atomic mass is 32.2. The molecule has 0 fully saturated rings. The van der Waals surface area contributed by atoms with Gasteiger partial charge in [0.1, 0.15) is 5.56 Å². The van der Waals surface area contributed by atoms with Crippen LogP contribution in [0.3, 0.4) is 0 Å². The molecule has 3 aromatic heterocycles. The average Bonchev–Trinajstić information content (AvgIpc) is 3.32. The molecule has 0 unspecified atom stereocenters. The number of hydrogen-bond acceptors (Lipinski definition) is 5. The number of nitrogens with zero attached hydrogens (tertiary/aromatic N) is 3. The first-order chi connectivity index (χ1) is 12.3. The molecule has 0 aliphatic rings. The minimum atomic E-state index is -0.220. The van der Waals surface area contributed by atoms with E-state index in [0.717, 1.165) is 21.2 Å². The second-order valence-electron chi connectivity index (χ2n) is 5.28. The maximum absolute atomic E-state index is 12.6. The summed E-state index contributed by atoms with van der Waals surface area (Å²) in [6.07, 6.45) is 5.28. The molecule has 0 saturated heterocycles.